The fraction of sp³-hybridized carbons (Fsp3) is 0. The Morgan fingerprint density at radius 3 is 1.58 bits per heavy atom. The molecule has 0 atom stereocenters. The van der Waals surface area contributed by atoms with Crippen LogP contribution in [0.25, 0.3) is 115 Å². The molecule has 0 aliphatic rings. The monoisotopic (exact) mass is 725 g/mol. The highest BCUT2D eigenvalue weighted by Crippen LogP contribution is 2.42. The molecule has 0 unspecified atom stereocenters. The lowest BCUT2D eigenvalue weighted by Crippen LogP contribution is -2.12. The Morgan fingerprint density at radius 2 is 0.877 bits per heavy atom. The van der Waals surface area contributed by atoms with Crippen LogP contribution in [0, 0.1) is 0 Å². The number of rotatable bonds is 3. The lowest BCUT2D eigenvalue weighted by Gasteiger charge is -2.14. The van der Waals surface area contributed by atoms with E-state index in [-0.39, 0.29) is 5.56 Å². The second kappa shape index (κ2) is 11.2. The van der Waals surface area contributed by atoms with Gasteiger partial charge in [-0.05, 0) is 100 Å². The van der Waals surface area contributed by atoms with E-state index in [4.69, 9.17) is 0 Å². The lowest BCUT2D eigenvalue weighted by atomic mass is 9.94. The molecule has 13 aromatic rings. The van der Waals surface area contributed by atoms with Crippen LogP contribution in [0.5, 0.6) is 0 Å². The average Bonchev–Trinajstić information content (AvgIpc) is 3.90. The molecule has 0 aliphatic carbocycles. The van der Waals surface area contributed by atoms with Gasteiger partial charge < -0.3 is 9.13 Å². The summed E-state index contributed by atoms with van der Waals surface area (Å²) in [6.45, 7) is 0. The molecule has 0 saturated carbocycles. The molecular weight excluding hydrogens is 695 g/mol. The number of nitrogens with zero attached hydrogens (tertiary/aromatic N) is 3. The molecular formula is C53H31N3O. The predicted molar refractivity (Wildman–Crippen MR) is 239 cm³/mol. The smallest absolute Gasteiger partial charge is 0.263 e. The minimum absolute atomic E-state index is 0.0297. The first-order chi connectivity index (χ1) is 28.2. The van der Waals surface area contributed by atoms with E-state index in [1.165, 1.54) is 59.9 Å². The summed E-state index contributed by atoms with van der Waals surface area (Å²) < 4.78 is 6.75. The third kappa shape index (κ3) is 4.08. The average molecular weight is 726 g/mol. The van der Waals surface area contributed by atoms with Crippen LogP contribution >= 0.6 is 0 Å². The van der Waals surface area contributed by atoms with Gasteiger partial charge in [-0.1, -0.05) is 115 Å². The summed E-state index contributed by atoms with van der Waals surface area (Å²) in [5, 5.41) is 12.3. The maximum atomic E-state index is 13.9. The zero-order valence-corrected chi connectivity index (χ0v) is 30.6. The van der Waals surface area contributed by atoms with Crippen molar-refractivity contribution in [3.63, 3.8) is 0 Å². The van der Waals surface area contributed by atoms with Crippen LogP contribution in [-0.4, -0.2) is 13.5 Å². The van der Waals surface area contributed by atoms with E-state index in [1.54, 1.807) is 0 Å². The highest BCUT2D eigenvalue weighted by atomic mass is 16.1. The maximum absolute atomic E-state index is 13.9. The van der Waals surface area contributed by atoms with Crippen LogP contribution in [0.3, 0.4) is 0 Å². The second-order valence-electron chi connectivity index (χ2n) is 15.3. The number of para-hydroxylation sites is 4. The Morgan fingerprint density at radius 1 is 0.316 bits per heavy atom. The van der Waals surface area contributed by atoms with Gasteiger partial charge in [0, 0.05) is 54.5 Å². The molecule has 0 N–H and O–H groups in total. The summed E-state index contributed by atoms with van der Waals surface area (Å²) in [7, 11) is 0. The van der Waals surface area contributed by atoms with Gasteiger partial charge in [0.2, 0.25) is 0 Å². The molecule has 57 heavy (non-hydrogen) atoms. The molecule has 4 heteroatoms. The van der Waals surface area contributed by atoms with Crippen molar-refractivity contribution in [2.45, 2.75) is 0 Å². The summed E-state index contributed by atoms with van der Waals surface area (Å²) in [5.41, 5.74) is 11.3. The number of fused-ring (bicyclic) bond motifs is 12. The van der Waals surface area contributed by atoms with Crippen molar-refractivity contribution in [2.75, 3.05) is 0 Å². The molecule has 0 aliphatic heterocycles. The Hall–Kier alpha value is -7.69. The molecule has 264 valence electrons. The van der Waals surface area contributed by atoms with Crippen molar-refractivity contribution in [3.05, 3.63) is 198 Å². The topological polar surface area (TPSA) is 31.3 Å². The molecule has 0 fully saturated rings. The number of pyridine rings is 1. The predicted octanol–water partition coefficient (Wildman–Crippen LogP) is 13.2. The molecule has 4 heterocycles. The van der Waals surface area contributed by atoms with E-state index >= 15 is 0 Å². The SMILES string of the molecule is O=c1c2ccccc2c2cc(-c3cccc4cc(-n5c6ccccc6c6cc7c8ccccc8n(-c8ccccc8)c7cc65)ccc34)cc3c4ccccc4n1c23. The number of benzene rings is 9. The third-order valence-corrected chi connectivity index (χ3v) is 12.3. The van der Waals surface area contributed by atoms with Crippen LogP contribution in [0.2, 0.25) is 0 Å². The minimum Gasteiger partial charge on any atom is -0.309 e. The molecule has 4 nitrogen and oxygen atoms in total. The van der Waals surface area contributed by atoms with Crippen molar-refractivity contribution in [3.8, 4) is 22.5 Å². The van der Waals surface area contributed by atoms with Gasteiger partial charge in [0.15, 0.2) is 0 Å². The van der Waals surface area contributed by atoms with Crippen molar-refractivity contribution in [2.24, 2.45) is 0 Å². The second-order valence-corrected chi connectivity index (χ2v) is 15.3. The van der Waals surface area contributed by atoms with Gasteiger partial charge in [0.05, 0.1) is 33.1 Å². The molecule has 9 aromatic carbocycles. The van der Waals surface area contributed by atoms with Gasteiger partial charge >= 0.3 is 0 Å². The van der Waals surface area contributed by atoms with Crippen molar-refractivity contribution >= 4 is 92.3 Å². The molecule has 0 saturated heterocycles. The maximum Gasteiger partial charge on any atom is 0.263 e. The normalized spacial score (nSPS) is 12.3. The van der Waals surface area contributed by atoms with Gasteiger partial charge in [-0.25, -0.2) is 0 Å². The summed E-state index contributed by atoms with van der Waals surface area (Å²) in [6.07, 6.45) is 0. The van der Waals surface area contributed by atoms with E-state index < -0.39 is 0 Å². The number of hydrogen-bond acceptors (Lipinski definition) is 1. The largest absolute Gasteiger partial charge is 0.309 e. The van der Waals surface area contributed by atoms with Crippen LogP contribution < -0.4 is 5.56 Å². The van der Waals surface area contributed by atoms with Crippen LogP contribution in [0.15, 0.2) is 193 Å². The minimum atomic E-state index is 0.0297. The molecule has 4 aromatic heterocycles. The fourth-order valence-electron chi connectivity index (χ4n) is 9.92. The van der Waals surface area contributed by atoms with E-state index in [9.17, 15) is 4.79 Å². The zero-order chi connectivity index (χ0) is 37.4. The summed E-state index contributed by atoms with van der Waals surface area (Å²) in [5.74, 6) is 0. The first-order valence-electron chi connectivity index (χ1n) is 19.5. The van der Waals surface area contributed by atoms with Gasteiger partial charge in [-0.3, -0.25) is 9.20 Å². The molecule has 13 rings (SSSR count). The van der Waals surface area contributed by atoms with E-state index in [1.807, 2.05) is 28.7 Å². The molecule has 0 radical (unpaired) electrons. The van der Waals surface area contributed by atoms with E-state index in [0.29, 0.717) is 0 Å². The summed E-state index contributed by atoms with van der Waals surface area (Å²) in [6, 6.07) is 67.4. The Labute approximate surface area is 325 Å². The van der Waals surface area contributed by atoms with Crippen LogP contribution in [-0.2, 0) is 0 Å². The quantitative estimate of drug-likeness (QED) is 0.167. The third-order valence-electron chi connectivity index (χ3n) is 12.3. The standard InChI is InChI=1S/C53H31N3O/c57-53-42-20-5-4-16-38(42)45-28-33(29-46-41-19-8-11-24-49(41)56(53)52(45)46)36-21-12-13-32-27-35(25-26-37(32)36)55-48-23-10-7-18-40(48)44-30-43-39-17-6-9-22-47(39)54(50(43)31-51(44)55)34-14-2-1-3-15-34/h1-31H. The van der Waals surface area contributed by atoms with Gasteiger partial charge in [0.1, 0.15) is 0 Å². The Balaban J connectivity index is 1.06. The number of aromatic nitrogens is 3. The van der Waals surface area contributed by atoms with Crippen molar-refractivity contribution < 1.29 is 0 Å². The van der Waals surface area contributed by atoms with Gasteiger partial charge in [0.25, 0.3) is 5.56 Å². The van der Waals surface area contributed by atoms with Crippen molar-refractivity contribution in [1.82, 2.24) is 13.5 Å². The lowest BCUT2D eigenvalue weighted by molar-refractivity contribution is 1.17. The van der Waals surface area contributed by atoms with Crippen LogP contribution in [0.4, 0.5) is 0 Å². The molecule has 0 spiro atoms. The number of hydrogen-bond donors (Lipinski definition) is 0. The van der Waals surface area contributed by atoms with Gasteiger partial charge in [-0.15, -0.1) is 0 Å². The zero-order valence-electron chi connectivity index (χ0n) is 30.6. The first kappa shape index (κ1) is 30.6. The first-order valence-corrected chi connectivity index (χ1v) is 19.5. The highest BCUT2D eigenvalue weighted by molar-refractivity contribution is 6.23. The Kier molecular flexibility index (Phi) is 6.01. The summed E-state index contributed by atoms with van der Waals surface area (Å²) in [4.78, 5) is 13.9. The molecule has 0 amide bonds. The van der Waals surface area contributed by atoms with Crippen LogP contribution in [0.1, 0.15) is 0 Å². The van der Waals surface area contributed by atoms with Gasteiger partial charge in [-0.2, -0.15) is 0 Å². The fourth-order valence-corrected chi connectivity index (χ4v) is 9.92. The summed E-state index contributed by atoms with van der Waals surface area (Å²) >= 11 is 0. The van der Waals surface area contributed by atoms with Crippen molar-refractivity contribution in [1.29, 1.82) is 0 Å². The highest BCUT2D eigenvalue weighted by Gasteiger charge is 2.21. The van der Waals surface area contributed by atoms with E-state index in [0.717, 1.165) is 54.9 Å². The molecule has 0 bridgehead atoms. The Bertz CT molecular complexity index is 3890. The van der Waals surface area contributed by atoms with E-state index in [2.05, 4.69) is 173 Å².